The Hall–Kier alpha value is -1.13. The zero-order valence-electron chi connectivity index (χ0n) is 10.9. The molecule has 2 aromatic rings. The van der Waals surface area contributed by atoms with E-state index in [-0.39, 0.29) is 5.54 Å². The molecule has 18 heavy (non-hydrogen) atoms. The third kappa shape index (κ3) is 2.82. The first-order chi connectivity index (χ1) is 8.38. The highest BCUT2D eigenvalue weighted by Crippen LogP contribution is 2.24. The highest BCUT2D eigenvalue weighted by molar-refractivity contribution is 9.10. The Labute approximate surface area is 116 Å². The van der Waals surface area contributed by atoms with Crippen molar-refractivity contribution in [3.63, 3.8) is 0 Å². The van der Waals surface area contributed by atoms with Crippen molar-refractivity contribution < 1.29 is 0 Å². The first-order valence-corrected chi connectivity index (χ1v) is 6.72. The van der Waals surface area contributed by atoms with E-state index in [4.69, 9.17) is 5.73 Å². The van der Waals surface area contributed by atoms with Gasteiger partial charge >= 0.3 is 0 Å². The number of aromatic nitrogens is 2. The first kappa shape index (κ1) is 13.3. The summed E-state index contributed by atoms with van der Waals surface area (Å²) in [5, 5.41) is 4.36. The molecule has 1 atom stereocenters. The molecule has 3 nitrogen and oxygen atoms in total. The van der Waals surface area contributed by atoms with Crippen molar-refractivity contribution in [2.24, 2.45) is 12.8 Å². The minimum atomic E-state index is -0.388. The summed E-state index contributed by atoms with van der Waals surface area (Å²) in [5.74, 6) is 0. The largest absolute Gasteiger partial charge is 0.321 e. The van der Waals surface area contributed by atoms with E-state index in [0.717, 1.165) is 27.8 Å². The zero-order chi connectivity index (χ0) is 13.3. The second kappa shape index (κ2) is 4.86. The lowest BCUT2D eigenvalue weighted by molar-refractivity contribution is 0.472. The summed E-state index contributed by atoms with van der Waals surface area (Å²) in [6.07, 6.45) is 0.770. The van der Waals surface area contributed by atoms with Crippen molar-refractivity contribution in [2.75, 3.05) is 0 Å². The molecular weight excluding hydrogens is 290 g/mol. The zero-order valence-corrected chi connectivity index (χ0v) is 12.5. The number of nitrogens with zero attached hydrogens (tertiary/aromatic N) is 2. The highest BCUT2D eigenvalue weighted by atomic mass is 79.9. The fourth-order valence-corrected chi connectivity index (χ4v) is 2.40. The molecule has 1 unspecified atom stereocenters. The van der Waals surface area contributed by atoms with E-state index < -0.39 is 0 Å². The second-order valence-electron chi connectivity index (χ2n) is 5.00. The Kier molecular flexibility index (Phi) is 3.59. The molecule has 2 rings (SSSR count). The minimum Gasteiger partial charge on any atom is -0.321 e. The van der Waals surface area contributed by atoms with E-state index in [9.17, 15) is 0 Å². The van der Waals surface area contributed by atoms with E-state index in [1.807, 2.05) is 30.8 Å². The number of rotatable bonds is 3. The number of hydrogen-bond donors (Lipinski definition) is 1. The van der Waals surface area contributed by atoms with Crippen LogP contribution in [0.4, 0.5) is 0 Å². The van der Waals surface area contributed by atoms with Crippen LogP contribution in [0.1, 0.15) is 23.9 Å². The smallest absolute Gasteiger partial charge is 0.0596 e. The maximum absolute atomic E-state index is 6.44. The molecule has 1 heterocycles. The van der Waals surface area contributed by atoms with Crippen LogP contribution in [0.5, 0.6) is 0 Å². The number of hydrogen-bond acceptors (Lipinski definition) is 2. The predicted molar refractivity (Wildman–Crippen MR) is 77.3 cm³/mol. The first-order valence-electron chi connectivity index (χ1n) is 5.93. The lowest BCUT2D eigenvalue weighted by Crippen LogP contribution is -2.36. The fourth-order valence-electron chi connectivity index (χ4n) is 2.14. The molecule has 0 spiro atoms. The lowest BCUT2D eigenvalue weighted by Gasteiger charge is -2.25. The maximum Gasteiger partial charge on any atom is 0.0596 e. The summed E-state index contributed by atoms with van der Waals surface area (Å²) in [7, 11) is 1.96. The van der Waals surface area contributed by atoms with Crippen LogP contribution < -0.4 is 5.73 Å². The topological polar surface area (TPSA) is 43.8 Å². The molecule has 1 aromatic carbocycles. The monoisotopic (exact) mass is 307 g/mol. The van der Waals surface area contributed by atoms with Crippen molar-refractivity contribution in [2.45, 2.75) is 25.8 Å². The molecule has 96 valence electrons. The van der Waals surface area contributed by atoms with Gasteiger partial charge in [0, 0.05) is 29.2 Å². The van der Waals surface area contributed by atoms with Crippen LogP contribution in [0.15, 0.2) is 34.8 Å². The third-order valence-electron chi connectivity index (χ3n) is 3.15. The van der Waals surface area contributed by atoms with Crippen LogP contribution in [0.2, 0.25) is 0 Å². The molecule has 1 aromatic heterocycles. The standard InChI is InChI=1S/C14H18BrN3/c1-10-8-13(18(3)17-10)9-14(2,16)11-4-6-12(15)7-5-11/h4-8H,9,16H2,1-3H3. The van der Waals surface area contributed by atoms with Crippen molar-refractivity contribution in [1.29, 1.82) is 0 Å². The average molecular weight is 308 g/mol. The predicted octanol–water partition coefficient (Wildman–Crippen LogP) is 2.91. The molecule has 0 aliphatic heterocycles. The fraction of sp³-hybridized carbons (Fsp3) is 0.357. The summed E-state index contributed by atoms with van der Waals surface area (Å²) < 4.78 is 2.97. The third-order valence-corrected chi connectivity index (χ3v) is 3.68. The molecular formula is C14H18BrN3. The Bertz CT molecular complexity index is 541. The van der Waals surface area contributed by atoms with Gasteiger partial charge in [-0.25, -0.2) is 0 Å². The van der Waals surface area contributed by atoms with Crippen LogP contribution in [0, 0.1) is 6.92 Å². The molecule has 4 heteroatoms. The van der Waals surface area contributed by atoms with Crippen molar-refractivity contribution in [3.05, 3.63) is 51.8 Å². The van der Waals surface area contributed by atoms with E-state index in [2.05, 4.69) is 46.2 Å². The minimum absolute atomic E-state index is 0.388. The van der Waals surface area contributed by atoms with Gasteiger partial charge in [-0.15, -0.1) is 0 Å². The molecule has 0 fully saturated rings. The Morgan fingerprint density at radius 3 is 2.44 bits per heavy atom. The Morgan fingerprint density at radius 1 is 1.33 bits per heavy atom. The summed E-state index contributed by atoms with van der Waals surface area (Å²) in [4.78, 5) is 0. The molecule has 0 aliphatic rings. The molecule has 0 saturated heterocycles. The molecule has 0 radical (unpaired) electrons. The Morgan fingerprint density at radius 2 is 1.94 bits per heavy atom. The van der Waals surface area contributed by atoms with Crippen molar-refractivity contribution in [3.8, 4) is 0 Å². The van der Waals surface area contributed by atoms with Gasteiger partial charge in [0.15, 0.2) is 0 Å². The van der Waals surface area contributed by atoms with Gasteiger partial charge < -0.3 is 5.73 Å². The summed E-state index contributed by atoms with van der Waals surface area (Å²) in [5.41, 5.74) is 9.36. The van der Waals surface area contributed by atoms with Gasteiger partial charge in [-0.1, -0.05) is 28.1 Å². The van der Waals surface area contributed by atoms with Gasteiger partial charge in [-0.3, -0.25) is 4.68 Å². The van der Waals surface area contributed by atoms with Gasteiger partial charge in [0.2, 0.25) is 0 Å². The van der Waals surface area contributed by atoms with Gasteiger partial charge in [-0.05, 0) is 37.6 Å². The van der Waals surface area contributed by atoms with Crippen molar-refractivity contribution >= 4 is 15.9 Å². The number of benzene rings is 1. The number of halogens is 1. The maximum atomic E-state index is 6.44. The average Bonchev–Trinajstić information content (AvgIpc) is 2.57. The lowest BCUT2D eigenvalue weighted by atomic mass is 9.88. The molecule has 0 aliphatic carbocycles. The molecule has 2 N–H and O–H groups in total. The van der Waals surface area contributed by atoms with Gasteiger partial charge in [0.25, 0.3) is 0 Å². The number of nitrogens with two attached hydrogens (primary N) is 1. The van der Waals surface area contributed by atoms with Crippen LogP contribution >= 0.6 is 15.9 Å². The van der Waals surface area contributed by atoms with E-state index in [1.54, 1.807) is 0 Å². The molecule has 0 bridgehead atoms. The summed E-state index contributed by atoms with van der Waals surface area (Å²) >= 11 is 3.44. The van der Waals surface area contributed by atoms with Crippen LogP contribution in [-0.4, -0.2) is 9.78 Å². The van der Waals surface area contributed by atoms with E-state index >= 15 is 0 Å². The van der Waals surface area contributed by atoms with E-state index in [1.165, 1.54) is 0 Å². The van der Waals surface area contributed by atoms with Gasteiger partial charge in [0.1, 0.15) is 0 Å². The van der Waals surface area contributed by atoms with Gasteiger partial charge in [-0.2, -0.15) is 5.10 Å². The normalized spacial score (nSPS) is 14.5. The molecule has 0 amide bonds. The Balaban J connectivity index is 2.26. The molecule has 0 saturated carbocycles. The van der Waals surface area contributed by atoms with E-state index in [0.29, 0.717) is 0 Å². The summed E-state index contributed by atoms with van der Waals surface area (Å²) in [6, 6.07) is 10.3. The quantitative estimate of drug-likeness (QED) is 0.947. The van der Waals surface area contributed by atoms with Crippen LogP contribution in [0.25, 0.3) is 0 Å². The van der Waals surface area contributed by atoms with Gasteiger partial charge in [0.05, 0.1) is 5.69 Å². The van der Waals surface area contributed by atoms with Crippen LogP contribution in [0.3, 0.4) is 0 Å². The SMILES string of the molecule is Cc1cc(CC(C)(N)c2ccc(Br)cc2)n(C)n1. The second-order valence-corrected chi connectivity index (χ2v) is 5.92. The number of aryl methyl sites for hydroxylation is 2. The summed E-state index contributed by atoms with van der Waals surface area (Å²) in [6.45, 7) is 4.05. The van der Waals surface area contributed by atoms with Crippen molar-refractivity contribution in [1.82, 2.24) is 9.78 Å². The highest BCUT2D eigenvalue weighted by Gasteiger charge is 2.23. The van der Waals surface area contributed by atoms with Crippen LogP contribution in [-0.2, 0) is 19.0 Å².